The van der Waals surface area contributed by atoms with E-state index in [4.69, 9.17) is 0 Å². The third-order valence-corrected chi connectivity index (χ3v) is 0.512. The van der Waals surface area contributed by atoms with Gasteiger partial charge >= 0.3 is 0 Å². The molecule has 42 valence electrons. The molecule has 0 unspecified atom stereocenters. The van der Waals surface area contributed by atoms with Crippen LogP contribution in [0.5, 0.6) is 0 Å². The summed E-state index contributed by atoms with van der Waals surface area (Å²) in [6.45, 7) is 0. The van der Waals surface area contributed by atoms with Gasteiger partial charge in [0.25, 0.3) is 0 Å². The highest BCUT2D eigenvalue weighted by Crippen LogP contribution is 2.00. The van der Waals surface area contributed by atoms with Crippen molar-refractivity contribution in [2.24, 2.45) is 10.6 Å². The first-order chi connectivity index (χ1) is 3.93. The van der Waals surface area contributed by atoms with Gasteiger partial charge in [-0.3, -0.25) is 4.79 Å². The van der Waals surface area contributed by atoms with Crippen molar-refractivity contribution in [3.8, 4) is 0 Å². The summed E-state index contributed by atoms with van der Waals surface area (Å²) in [4.78, 5) is 18.3. The van der Waals surface area contributed by atoms with Crippen LogP contribution in [0.2, 0.25) is 0 Å². The highest BCUT2D eigenvalue weighted by molar-refractivity contribution is 5.69. The van der Waals surface area contributed by atoms with Gasteiger partial charge in [0.05, 0.1) is 10.6 Å². The highest BCUT2D eigenvalue weighted by Gasteiger charge is 1.98. The second kappa shape index (κ2) is 2.06. The molecule has 0 saturated heterocycles. The minimum atomic E-state index is 0.0139. The van der Waals surface area contributed by atoms with Gasteiger partial charge in [-0.15, -0.1) is 0 Å². The molecule has 0 amide bonds. The first kappa shape index (κ1) is 4.76. The lowest BCUT2D eigenvalue weighted by Crippen LogP contribution is -1.90. The lowest BCUT2D eigenvalue weighted by molar-refractivity contribution is -0.109. The summed E-state index contributed by atoms with van der Waals surface area (Å²) >= 11 is 0. The van der Waals surface area contributed by atoms with Gasteiger partial charge in [0, 0.05) is 0 Å². The molecule has 5 nitrogen and oxygen atoms in total. The molecule has 0 fully saturated rings. The van der Waals surface area contributed by atoms with Crippen LogP contribution in [0, 0.1) is 0 Å². The van der Waals surface area contributed by atoms with Crippen molar-refractivity contribution < 1.29 is 14.5 Å². The zero-order valence-corrected chi connectivity index (χ0v) is 3.77. The van der Waals surface area contributed by atoms with Gasteiger partial charge in [0.15, 0.2) is 12.5 Å². The Balaban J connectivity index is 2.55. The predicted octanol–water partition coefficient (Wildman–Crippen LogP) is 0.356. The van der Waals surface area contributed by atoms with Crippen molar-refractivity contribution in [1.82, 2.24) is 0 Å². The molecule has 1 rings (SSSR count). The Labute approximate surface area is 44.5 Å². The monoisotopic (exact) mass is 114 g/mol. The molecule has 5 heteroatoms. The number of aldehydes is 1. The standard InChI is InChI=1S/C3H2N2O3/c6-1-3-2-7-4-5-8-3/h1-2H. The molecule has 0 N–H and O–H groups in total. The summed E-state index contributed by atoms with van der Waals surface area (Å²) in [6, 6.07) is 0. The molecule has 0 aromatic rings. The van der Waals surface area contributed by atoms with Crippen LogP contribution in [0.3, 0.4) is 0 Å². The maximum Gasteiger partial charge on any atom is 0.237 e. The summed E-state index contributed by atoms with van der Waals surface area (Å²) in [7, 11) is 0. The molecule has 0 spiro atoms. The molecule has 0 atom stereocenters. The zero-order valence-electron chi connectivity index (χ0n) is 3.77. The second-order valence-electron chi connectivity index (χ2n) is 0.998. The fraction of sp³-hybridized carbons (Fsp3) is 0. The molecule has 0 aromatic carbocycles. The normalized spacial score (nSPS) is 15.8. The number of hydrogen-bond donors (Lipinski definition) is 0. The summed E-state index contributed by atoms with van der Waals surface area (Å²) < 4.78 is 0. The quantitative estimate of drug-likeness (QED) is 0.462. The molecule has 0 radical (unpaired) electrons. The molecule has 1 aliphatic heterocycles. The van der Waals surface area contributed by atoms with E-state index in [1.54, 1.807) is 0 Å². The van der Waals surface area contributed by atoms with Gasteiger partial charge in [0.2, 0.25) is 5.76 Å². The van der Waals surface area contributed by atoms with E-state index < -0.39 is 0 Å². The molecule has 0 aromatic heterocycles. The number of allylic oxidation sites excluding steroid dienone is 1. The largest absolute Gasteiger partial charge is 0.341 e. The van der Waals surface area contributed by atoms with Crippen LogP contribution in [0.1, 0.15) is 0 Å². The van der Waals surface area contributed by atoms with E-state index in [-0.39, 0.29) is 5.76 Å². The third kappa shape index (κ3) is 0.810. The Morgan fingerprint density at radius 2 is 2.50 bits per heavy atom. The molecule has 0 aliphatic carbocycles. The van der Waals surface area contributed by atoms with Crippen LogP contribution in [-0.2, 0) is 14.5 Å². The number of carbonyl (C=O) groups excluding carboxylic acids is 1. The van der Waals surface area contributed by atoms with Crippen molar-refractivity contribution in [1.29, 1.82) is 0 Å². The highest BCUT2D eigenvalue weighted by atomic mass is 16.7. The average molecular weight is 114 g/mol. The van der Waals surface area contributed by atoms with Crippen molar-refractivity contribution in [3.63, 3.8) is 0 Å². The van der Waals surface area contributed by atoms with E-state index in [9.17, 15) is 4.79 Å². The van der Waals surface area contributed by atoms with Crippen molar-refractivity contribution >= 4 is 6.29 Å². The maximum absolute atomic E-state index is 9.78. The minimum absolute atomic E-state index is 0.0139. The maximum atomic E-state index is 9.78. The fourth-order valence-corrected chi connectivity index (χ4v) is 0.229. The van der Waals surface area contributed by atoms with Gasteiger partial charge in [-0.1, -0.05) is 0 Å². The summed E-state index contributed by atoms with van der Waals surface area (Å²) in [5, 5.41) is 5.88. The molecular weight excluding hydrogens is 112 g/mol. The van der Waals surface area contributed by atoms with Crippen LogP contribution in [-0.4, -0.2) is 6.29 Å². The molecule has 8 heavy (non-hydrogen) atoms. The zero-order chi connectivity index (χ0) is 5.82. The van der Waals surface area contributed by atoms with Gasteiger partial charge in [0.1, 0.15) is 0 Å². The van der Waals surface area contributed by atoms with Crippen LogP contribution in [0.15, 0.2) is 22.6 Å². The smallest absolute Gasteiger partial charge is 0.237 e. The number of hydrogen-bond acceptors (Lipinski definition) is 5. The Morgan fingerprint density at radius 1 is 1.62 bits per heavy atom. The van der Waals surface area contributed by atoms with E-state index >= 15 is 0 Å². The Morgan fingerprint density at radius 3 is 2.88 bits per heavy atom. The van der Waals surface area contributed by atoms with E-state index in [0.717, 1.165) is 6.26 Å². The minimum Gasteiger partial charge on any atom is -0.341 e. The van der Waals surface area contributed by atoms with Crippen molar-refractivity contribution in [2.75, 3.05) is 0 Å². The predicted molar refractivity (Wildman–Crippen MR) is 21.2 cm³/mol. The van der Waals surface area contributed by atoms with Crippen molar-refractivity contribution in [3.05, 3.63) is 12.0 Å². The van der Waals surface area contributed by atoms with Gasteiger partial charge in [-0.05, 0) is 0 Å². The van der Waals surface area contributed by atoms with E-state index in [0.29, 0.717) is 6.29 Å². The van der Waals surface area contributed by atoms with E-state index in [1.165, 1.54) is 0 Å². The van der Waals surface area contributed by atoms with Gasteiger partial charge in [-0.25, -0.2) is 0 Å². The fourth-order valence-electron chi connectivity index (χ4n) is 0.229. The van der Waals surface area contributed by atoms with E-state index in [2.05, 4.69) is 20.2 Å². The molecule has 1 aliphatic rings. The average Bonchev–Trinajstić information content (AvgIpc) is 1.90. The molecular formula is C3H2N2O3. The summed E-state index contributed by atoms with van der Waals surface area (Å²) in [6.07, 6.45) is 1.53. The summed E-state index contributed by atoms with van der Waals surface area (Å²) in [5.41, 5.74) is 0. The second-order valence-corrected chi connectivity index (χ2v) is 0.998. The molecule has 0 bridgehead atoms. The van der Waals surface area contributed by atoms with Crippen LogP contribution in [0.4, 0.5) is 0 Å². The van der Waals surface area contributed by atoms with Crippen LogP contribution < -0.4 is 0 Å². The molecule has 0 saturated carbocycles. The van der Waals surface area contributed by atoms with Crippen LogP contribution in [0.25, 0.3) is 0 Å². The Kier molecular flexibility index (Phi) is 1.23. The lowest BCUT2D eigenvalue weighted by atomic mass is 10.6. The topological polar surface area (TPSA) is 60.2 Å². The lowest BCUT2D eigenvalue weighted by Gasteiger charge is -1.96. The third-order valence-electron chi connectivity index (χ3n) is 0.512. The SMILES string of the molecule is O=CC1=CON=NO1. The van der Waals surface area contributed by atoms with E-state index in [1.807, 2.05) is 0 Å². The van der Waals surface area contributed by atoms with Crippen molar-refractivity contribution in [2.45, 2.75) is 0 Å². The summed E-state index contributed by atoms with van der Waals surface area (Å²) in [5.74, 6) is 0.0139. The van der Waals surface area contributed by atoms with Gasteiger partial charge in [-0.2, -0.15) is 0 Å². The first-order valence-electron chi connectivity index (χ1n) is 1.82. The Hall–Kier alpha value is -1.39. The number of nitrogens with zero attached hydrogens (tertiary/aromatic N) is 2. The number of carbonyl (C=O) groups is 1. The number of rotatable bonds is 1. The molecule has 1 heterocycles. The first-order valence-corrected chi connectivity index (χ1v) is 1.82. The van der Waals surface area contributed by atoms with Crippen LogP contribution >= 0.6 is 0 Å². The Bertz CT molecular complexity index is 151. The van der Waals surface area contributed by atoms with Gasteiger partial charge < -0.3 is 9.68 Å².